The maximum absolute atomic E-state index is 12.7. The van der Waals surface area contributed by atoms with Crippen LogP contribution in [0.5, 0.6) is 0 Å². The third-order valence-corrected chi connectivity index (χ3v) is 5.22. The van der Waals surface area contributed by atoms with E-state index in [1.54, 1.807) is 0 Å². The highest BCUT2D eigenvalue weighted by molar-refractivity contribution is 5.79. The number of fused-ring (bicyclic) bond motifs is 2. The molecule has 0 saturated carbocycles. The second-order valence-corrected chi connectivity index (χ2v) is 6.84. The van der Waals surface area contributed by atoms with Crippen LogP contribution in [0.3, 0.4) is 0 Å². The summed E-state index contributed by atoms with van der Waals surface area (Å²) in [6, 6.07) is 8.69. The molecule has 4 nitrogen and oxygen atoms in total. The van der Waals surface area contributed by atoms with Crippen molar-refractivity contribution in [3.8, 4) is 0 Å². The molecule has 2 aliphatic carbocycles. The van der Waals surface area contributed by atoms with Gasteiger partial charge in [0.2, 0.25) is 5.91 Å². The summed E-state index contributed by atoms with van der Waals surface area (Å²) in [5, 5.41) is 3.31. The zero-order chi connectivity index (χ0) is 15.8. The van der Waals surface area contributed by atoms with Crippen molar-refractivity contribution in [2.24, 2.45) is 5.92 Å². The molecule has 0 saturated heterocycles. The molecule has 1 aromatic carbocycles. The Kier molecular flexibility index (Phi) is 3.68. The number of rotatable bonds is 2. The first-order valence-electron chi connectivity index (χ1n) is 8.63. The van der Waals surface area contributed by atoms with Crippen molar-refractivity contribution >= 4 is 5.91 Å². The Hall–Kier alpha value is -2.10. The number of nitrogens with one attached hydrogen (secondary N) is 2. The molecule has 120 valence electrons. The fraction of sp³-hybridized carbons (Fsp3) is 0.474. The summed E-state index contributed by atoms with van der Waals surface area (Å²) in [5.41, 5.74) is 4.99. The van der Waals surface area contributed by atoms with Crippen molar-refractivity contribution in [2.45, 2.75) is 51.5 Å². The molecule has 0 spiro atoms. The van der Waals surface area contributed by atoms with E-state index in [1.165, 1.54) is 11.1 Å². The molecule has 0 aliphatic heterocycles. The summed E-state index contributed by atoms with van der Waals surface area (Å²) in [6.07, 6.45) is 5.91. The summed E-state index contributed by atoms with van der Waals surface area (Å²) in [6.45, 7) is 1.98. The van der Waals surface area contributed by atoms with Crippen LogP contribution in [0.1, 0.15) is 53.6 Å². The molecule has 2 aliphatic rings. The number of carbonyl (C=O) groups excluding carboxylic acids is 1. The number of nitrogens with zero attached hydrogens (tertiary/aromatic N) is 1. The van der Waals surface area contributed by atoms with Crippen molar-refractivity contribution in [3.63, 3.8) is 0 Å². The first-order chi connectivity index (χ1) is 11.2. The van der Waals surface area contributed by atoms with Crippen LogP contribution in [0.4, 0.5) is 0 Å². The zero-order valence-corrected chi connectivity index (χ0v) is 13.6. The number of aryl methyl sites for hydroxylation is 3. The average Bonchev–Trinajstić information content (AvgIpc) is 2.94. The molecule has 1 amide bonds. The highest BCUT2D eigenvalue weighted by atomic mass is 16.1. The van der Waals surface area contributed by atoms with Crippen LogP contribution in [0.25, 0.3) is 0 Å². The Balaban J connectivity index is 1.47. The van der Waals surface area contributed by atoms with Crippen molar-refractivity contribution in [2.75, 3.05) is 0 Å². The van der Waals surface area contributed by atoms with Crippen LogP contribution in [0.15, 0.2) is 24.3 Å². The number of aromatic nitrogens is 2. The first-order valence-corrected chi connectivity index (χ1v) is 8.63. The van der Waals surface area contributed by atoms with E-state index in [0.717, 1.165) is 55.7 Å². The van der Waals surface area contributed by atoms with E-state index < -0.39 is 0 Å². The smallest absolute Gasteiger partial charge is 0.223 e. The van der Waals surface area contributed by atoms with Gasteiger partial charge < -0.3 is 10.3 Å². The Morgan fingerprint density at radius 2 is 2.13 bits per heavy atom. The van der Waals surface area contributed by atoms with Gasteiger partial charge in [-0.2, -0.15) is 0 Å². The summed E-state index contributed by atoms with van der Waals surface area (Å²) >= 11 is 0. The Morgan fingerprint density at radius 3 is 3.04 bits per heavy atom. The van der Waals surface area contributed by atoms with Gasteiger partial charge in [0.1, 0.15) is 5.82 Å². The van der Waals surface area contributed by atoms with Gasteiger partial charge in [0.15, 0.2) is 0 Å². The van der Waals surface area contributed by atoms with E-state index in [9.17, 15) is 4.79 Å². The lowest BCUT2D eigenvalue weighted by atomic mass is 9.85. The monoisotopic (exact) mass is 309 g/mol. The second kappa shape index (κ2) is 5.84. The highest BCUT2D eigenvalue weighted by Crippen LogP contribution is 2.31. The number of hydrogen-bond acceptors (Lipinski definition) is 2. The van der Waals surface area contributed by atoms with Crippen LogP contribution in [0.2, 0.25) is 0 Å². The maximum Gasteiger partial charge on any atom is 0.223 e. The minimum absolute atomic E-state index is 0.0661. The molecule has 23 heavy (non-hydrogen) atoms. The van der Waals surface area contributed by atoms with E-state index in [4.69, 9.17) is 0 Å². The Labute approximate surface area is 136 Å². The largest absolute Gasteiger partial charge is 0.349 e. The topological polar surface area (TPSA) is 57.8 Å². The standard InChI is InChI=1S/C19H23N3O/c1-12-20-17-10-9-14(11-18(17)21-12)19(23)22-16-8-4-6-13-5-2-3-7-15(13)16/h2-3,5,7,14,16H,4,6,8-11H2,1H3,(H,20,21)(H,22,23). The quantitative estimate of drug-likeness (QED) is 0.896. The lowest BCUT2D eigenvalue weighted by Gasteiger charge is -2.29. The number of aromatic amines is 1. The van der Waals surface area contributed by atoms with Crippen molar-refractivity contribution in [1.82, 2.24) is 15.3 Å². The molecule has 4 heteroatoms. The summed E-state index contributed by atoms with van der Waals surface area (Å²) in [5.74, 6) is 1.22. The van der Waals surface area contributed by atoms with Gasteiger partial charge in [0.05, 0.1) is 11.7 Å². The summed E-state index contributed by atoms with van der Waals surface area (Å²) in [7, 11) is 0. The molecule has 0 bridgehead atoms. The molecular weight excluding hydrogens is 286 g/mol. The number of H-pyrrole nitrogens is 1. The highest BCUT2D eigenvalue weighted by Gasteiger charge is 2.29. The number of carbonyl (C=O) groups is 1. The molecule has 2 aromatic rings. The summed E-state index contributed by atoms with van der Waals surface area (Å²) in [4.78, 5) is 20.6. The molecule has 4 rings (SSSR count). The van der Waals surface area contributed by atoms with Gasteiger partial charge in [-0.25, -0.2) is 4.98 Å². The van der Waals surface area contributed by atoms with Gasteiger partial charge in [-0.3, -0.25) is 4.79 Å². The van der Waals surface area contributed by atoms with Crippen LogP contribution in [-0.2, 0) is 24.1 Å². The normalized spacial score (nSPS) is 23.0. The maximum atomic E-state index is 12.7. The van der Waals surface area contributed by atoms with Crippen molar-refractivity contribution in [1.29, 1.82) is 0 Å². The van der Waals surface area contributed by atoms with Crippen LogP contribution in [-0.4, -0.2) is 15.9 Å². The van der Waals surface area contributed by atoms with E-state index in [0.29, 0.717) is 0 Å². The zero-order valence-electron chi connectivity index (χ0n) is 13.6. The van der Waals surface area contributed by atoms with E-state index in [2.05, 4.69) is 39.6 Å². The predicted molar refractivity (Wildman–Crippen MR) is 89.1 cm³/mol. The van der Waals surface area contributed by atoms with Gasteiger partial charge in [-0.15, -0.1) is 0 Å². The van der Waals surface area contributed by atoms with Gasteiger partial charge in [0.25, 0.3) is 0 Å². The minimum atomic E-state index is 0.0661. The average molecular weight is 309 g/mol. The lowest BCUT2D eigenvalue weighted by Crippen LogP contribution is -2.37. The second-order valence-electron chi connectivity index (χ2n) is 6.84. The Morgan fingerprint density at radius 1 is 1.26 bits per heavy atom. The predicted octanol–water partition coefficient (Wildman–Crippen LogP) is 3.02. The SMILES string of the molecule is Cc1nc2c([nH]1)CC(C(=O)NC1CCCc3ccccc31)CC2. The minimum Gasteiger partial charge on any atom is -0.349 e. The number of benzene rings is 1. The first kappa shape index (κ1) is 14.5. The van der Waals surface area contributed by atoms with Crippen LogP contribution < -0.4 is 5.32 Å². The van der Waals surface area contributed by atoms with Gasteiger partial charge in [-0.05, 0) is 50.2 Å². The molecule has 1 aromatic heterocycles. The molecular formula is C19H23N3O. The third-order valence-electron chi connectivity index (χ3n) is 5.22. The molecule has 2 unspecified atom stereocenters. The molecule has 1 heterocycles. The Bertz CT molecular complexity index is 734. The van der Waals surface area contributed by atoms with Gasteiger partial charge >= 0.3 is 0 Å². The third kappa shape index (κ3) is 2.78. The van der Waals surface area contributed by atoms with Crippen molar-refractivity contribution < 1.29 is 4.79 Å². The van der Waals surface area contributed by atoms with Crippen molar-refractivity contribution in [3.05, 3.63) is 52.6 Å². The molecule has 0 radical (unpaired) electrons. The number of imidazole rings is 1. The fourth-order valence-corrected chi connectivity index (χ4v) is 4.04. The fourth-order valence-electron chi connectivity index (χ4n) is 4.04. The number of hydrogen-bond donors (Lipinski definition) is 2. The molecule has 0 fully saturated rings. The molecule has 2 atom stereocenters. The van der Waals surface area contributed by atoms with Gasteiger partial charge in [0, 0.05) is 18.0 Å². The van der Waals surface area contributed by atoms with E-state index in [1.807, 2.05) is 6.92 Å². The molecule has 2 N–H and O–H groups in total. The lowest BCUT2D eigenvalue weighted by molar-refractivity contribution is -0.126. The number of amides is 1. The van der Waals surface area contributed by atoms with Gasteiger partial charge in [-0.1, -0.05) is 24.3 Å². The van der Waals surface area contributed by atoms with E-state index in [-0.39, 0.29) is 17.9 Å². The summed E-state index contributed by atoms with van der Waals surface area (Å²) < 4.78 is 0. The van der Waals surface area contributed by atoms with Crippen LogP contribution in [0, 0.1) is 12.8 Å². The van der Waals surface area contributed by atoms with Crippen LogP contribution >= 0.6 is 0 Å². The van der Waals surface area contributed by atoms with E-state index >= 15 is 0 Å².